The predicted molar refractivity (Wildman–Crippen MR) is 77.2 cm³/mol. The van der Waals surface area contributed by atoms with Crippen molar-refractivity contribution in [3.63, 3.8) is 0 Å². The van der Waals surface area contributed by atoms with E-state index in [2.05, 4.69) is 22.9 Å². The molecule has 0 bridgehead atoms. The second-order valence-corrected chi connectivity index (χ2v) is 5.66. The molecule has 1 aromatic carbocycles. The molecular formula is C15H22BrFO. The lowest BCUT2D eigenvalue weighted by Crippen LogP contribution is -2.10. The van der Waals surface area contributed by atoms with Gasteiger partial charge in [0.25, 0.3) is 0 Å². The number of hydrogen-bond donors (Lipinski definition) is 1. The summed E-state index contributed by atoms with van der Waals surface area (Å²) in [6.45, 7) is 2.20. The van der Waals surface area contributed by atoms with Crippen LogP contribution in [0.3, 0.4) is 0 Å². The zero-order valence-electron chi connectivity index (χ0n) is 11.0. The molecule has 0 aliphatic rings. The third kappa shape index (κ3) is 5.96. The van der Waals surface area contributed by atoms with Gasteiger partial charge in [0.15, 0.2) is 0 Å². The van der Waals surface area contributed by atoms with E-state index < -0.39 is 0 Å². The number of hydrogen-bond acceptors (Lipinski definition) is 1. The smallest absolute Gasteiger partial charge is 0.137 e. The average molecular weight is 317 g/mol. The van der Waals surface area contributed by atoms with Crippen molar-refractivity contribution in [3.05, 3.63) is 34.1 Å². The summed E-state index contributed by atoms with van der Waals surface area (Å²) in [5, 5.41) is 9.91. The van der Waals surface area contributed by atoms with Gasteiger partial charge in [0.05, 0.1) is 10.6 Å². The van der Waals surface area contributed by atoms with E-state index in [1.807, 2.05) is 0 Å². The SMILES string of the molecule is CCCCCCCC(O)Cc1ccc(F)c(Br)c1. The molecule has 0 fully saturated rings. The molecule has 0 amide bonds. The molecule has 0 saturated carbocycles. The second-order valence-electron chi connectivity index (χ2n) is 4.81. The fraction of sp³-hybridized carbons (Fsp3) is 0.600. The van der Waals surface area contributed by atoms with E-state index in [9.17, 15) is 9.50 Å². The van der Waals surface area contributed by atoms with Crippen LogP contribution in [0.5, 0.6) is 0 Å². The Kier molecular flexibility index (Phi) is 7.52. The van der Waals surface area contributed by atoms with Gasteiger partial charge in [-0.15, -0.1) is 0 Å². The molecule has 1 nitrogen and oxygen atoms in total. The first kappa shape index (κ1) is 15.6. The van der Waals surface area contributed by atoms with Crippen LogP contribution >= 0.6 is 15.9 Å². The maximum Gasteiger partial charge on any atom is 0.137 e. The van der Waals surface area contributed by atoms with Crippen LogP contribution < -0.4 is 0 Å². The van der Waals surface area contributed by atoms with E-state index in [-0.39, 0.29) is 11.9 Å². The lowest BCUT2D eigenvalue weighted by molar-refractivity contribution is 0.161. The summed E-state index contributed by atoms with van der Waals surface area (Å²) >= 11 is 3.16. The van der Waals surface area contributed by atoms with Crippen LogP contribution in [0.1, 0.15) is 51.0 Å². The molecule has 0 spiro atoms. The lowest BCUT2D eigenvalue weighted by atomic mass is 10.0. The largest absolute Gasteiger partial charge is 0.393 e. The third-order valence-electron chi connectivity index (χ3n) is 3.10. The molecule has 1 aromatic rings. The fourth-order valence-corrected chi connectivity index (χ4v) is 2.45. The minimum absolute atomic E-state index is 0.257. The summed E-state index contributed by atoms with van der Waals surface area (Å²) in [6, 6.07) is 4.92. The van der Waals surface area contributed by atoms with Crippen LogP contribution in [-0.4, -0.2) is 11.2 Å². The molecule has 0 aliphatic heterocycles. The van der Waals surface area contributed by atoms with Gasteiger partial charge in [0.2, 0.25) is 0 Å². The standard InChI is InChI=1S/C15H22BrFO/c1-2-3-4-5-6-7-13(18)10-12-8-9-15(17)14(16)11-12/h8-9,11,13,18H,2-7,10H2,1H3. The van der Waals surface area contributed by atoms with Gasteiger partial charge >= 0.3 is 0 Å². The van der Waals surface area contributed by atoms with Gasteiger partial charge in [-0.1, -0.05) is 45.1 Å². The Labute approximate surface area is 118 Å². The minimum atomic E-state index is -0.316. The van der Waals surface area contributed by atoms with Crippen LogP contribution in [0.25, 0.3) is 0 Å². The number of aliphatic hydroxyl groups is 1. The van der Waals surface area contributed by atoms with Crippen LogP contribution in [0.2, 0.25) is 0 Å². The van der Waals surface area contributed by atoms with E-state index in [0.29, 0.717) is 10.9 Å². The van der Waals surface area contributed by atoms with E-state index in [1.165, 1.54) is 31.7 Å². The van der Waals surface area contributed by atoms with Crippen LogP contribution in [0.4, 0.5) is 4.39 Å². The van der Waals surface area contributed by atoms with E-state index in [4.69, 9.17) is 0 Å². The van der Waals surface area contributed by atoms with Crippen molar-refractivity contribution in [1.82, 2.24) is 0 Å². The Morgan fingerprint density at radius 2 is 1.94 bits per heavy atom. The Morgan fingerprint density at radius 1 is 1.22 bits per heavy atom. The van der Waals surface area contributed by atoms with Crippen molar-refractivity contribution < 1.29 is 9.50 Å². The highest BCUT2D eigenvalue weighted by molar-refractivity contribution is 9.10. The van der Waals surface area contributed by atoms with E-state index in [1.54, 1.807) is 12.1 Å². The molecule has 0 saturated heterocycles. The van der Waals surface area contributed by atoms with E-state index in [0.717, 1.165) is 18.4 Å². The summed E-state index contributed by atoms with van der Waals surface area (Å²) in [6.07, 6.45) is 7.16. The summed E-state index contributed by atoms with van der Waals surface area (Å²) in [5.74, 6) is -0.257. The van der Waals surface area contributed by atoms with Gasteiger partial charge in [-0.2, -0.15) is 0 Å². The van der Waals surface area contributed by atoms with Crippen molar-refractivity contribution in [2.45, 2.75) is 58.0 Å². The summed E-state index contributed by atoms with van der Waals surface area (Å²) < 4.78 is 13.5. The van der Waals surface area contributed by atoms with Crippen LogP contribution in [0.15, 0.2) is 22.7 Å². The molecule has 18 heavy (non-hydrogen) atoms. The monoisotopic (exact) mass is 316 g/mol. The zero-order chi connectivity index (χ0) is 13.4. The second kappa shape index (κ2) is 8.65. The molecule has 0 radical (unpaired) electrons. The Balaban J connectivity index is 2.26. The Bertz CT molecular complexity index is 354. The van der Waals surface area contributed by atoms with Crippen molar-refractivity contribution in [3.8, 4) is 0 Å². The number of unbranched alkanes of at least 4 members (excludes halogenated alkanes) is 4. The number of halogens is 2. The first-order valence-corrected chi connectivity index (χ1v) is 7.54. The molecule has 3 heteroatoms. The summed E-state index contributed by atoms with van der Waals surface area (Å²) in [7, 11) is 0. The quantitative estimate of drug-likeness (QED) is 0.679. The molecule has 1 unspecified atom stereocenters. The Hall–Kier alpha value is -0.410. The van der Waals surface area contributed by atoms with Crippen molar-refractivity contribution in [2.75, 3.05) is 0 Å². The third-order valence-corrected chi connectivity index (χ3v) is 3.70. The zero-order valence-corrected chi connectivity index (χ0v) is 12.5. The van der Waals surface area contributed by atoms with Crippen LogP contribution in [0, 0.1) is 5.82 Å². The minimum Gasteiger partial charge on any atom is -0.393 e. The summed E-state index contributed by atoms with van der Waals surface area (Å²) in [5.41, 5.74) is 0.976. The molecular weight excluding hydrogens is 295 g/mol. The van der Waals surface area contributed by atoms with Gasteiger partial charge < -0.3 is 5.11 Å². The molecule has 102 valence electrons. The van der Waals surface area contributed by atoms with E-state index >= 15 is 0 Å². The van der Waals surface area contributed by atoms with Crippen molar-refractivity contribution >= 4 is 15.9 Å². The molecule has 1 N–H and O–H groups in total. The molecule has 1 rings (SSSR count). The number of aliphatic hydroxyl groups excluding tert-OH is 1. The first-order valence-electron chi connectivity index (χ1n) is 6.75. The maximum absolute atomic E-state index is 13.0. The van der Waals surface area contributed by atoms with Gasteiger partial charge in [-0.05, 0) is 46.5 Å². The maximum atomic E-state index is 13.0. The number of benzene rings is 1. The fourth-order valence-electron chi connectivity index (χ4n) is 2.02. The topological polar surface area (TPSA) is 20.2 Å². The van der Waals surface area contributed by atoms with Gasteiger partial charge in [-0.25, -0.2) is 4.39 Å². The Morgan fingerprint density at radius 3 is 2.61 bits per heavy atom. The molecule has 0 aromatic heterocycles. The number of rotatable bonds is 8. The molecule has 0 heterocycles. The van der Waals surface area contributed by atoms with Crippen molar-refractivity contribution in [2.24, 2.45) is 0 Å². The summed E-state index contributed by atoms with van der Waals surface area (Å²) in [4.78, 5) is 0. The normalized spacial score (nSPS) is 12.7. The van der Waals surface area contributed by atoms with Gasteiger partial charge in [0.1, 0.15) is 5.82 Å². The lowest BCUT2D eigenvalue weighted by Gasteiger charge is -2.11. The first-order chi connectivity index (χ1) is 8.63. The van der Waals surface area contributed by atoms with Gasteiger partial charge in [0, 0.05) is 0 Å². The average Bonchev–Trinajstić information content (AvgIpc) is 2.34. The highest BCUT2D eigenvalue weighted by Gasteiger charge is 2.07. The van der Waals surface area contributed by atoms with Gasteiger partial charge in [-0.3, -0.25) is 0 Å². The molecule has 0 aliphatic carbocycles. The van der Waals surface area contributed by atoms with Crippen molar-refractivity contribution in [1.29, 1.82) is 0 Å². The molecule has 1 atom stereocenters. The predicted octanol–water partition coefficient (Wildman–Crippen LogP) is 4.85. The highest BCUT2D eigenvalue weighted by Crippen LogP contribution is 2.19. The highest BCUT2D eigenvalue weighted by atomic mass is 79.9. The van der Waals surface area contributed by atoms with Crippen LogP contribution in [-0.2, 0) is 6.42 Å².